The van der Waals surface area contributed by atoms with Gasteiger partial charge < -0.3 is 10.8 Å². The highest BCUT2D eigenvalue weighted by Gasteiger charge is 2.02. The van der Waals surface area contributed by atoms with Gasteiger partial charge in [-0.3, -0.25) is 4.98 Å². The number of nitrogens with zero attached hydrogens (tertiary/aromatic N) is 1. The largest absolute Gasteiger partial charge is 0.478 e. The maximum atomic E-state index is 10.7. The molecule has 0 radical (unpaired) electrons. The van der Waals surface area contributed by atoms with Crippen LogP contribution in [0.1, 0.15) is 21.6 Å². The highest BCUT2D eigenvalue weighted by molar-refractivity contribution is 5.87. The Morgan fingerprint density at radius 2 is 1.88 bits per heavy atom. The molecule has 0 aliphatic carbocycles. The molecule has 0 bridgehead atoms. The lowest BCUT2D eigenvalue weighted by Gasteiger charge is -2.02. The highest BCUT2D eigenvalue weighted by atomic mass is 16.4. The first-order chi connectivity index (χ1) is 8.15. The van der Waals surface area contributed by atoms with E-state index in [1.165, 1.54) is 0 Å². The molecule has 0 fully saturated rings. The Bertz CT molecular complexity index is 518. The van der Waals surface area contributed by atoms with E-state index in [0.717, 1.165) is 11.3 Å². The minimum Gasteiger partial charge on any atom is -0.478 e. The Labute approximate surface area is 98.7 Å². The molecule has 0 spiro atoms. The molecule has 0 saturated carbocycles. The topological polar surface area (TPSA) is 76.2 Å². The first-order valence-corrected chi connectivity index (χ1v) is 5.18. The number of pyridine rings is 1. The van der Waals surface area contributed by atoms with E-state index in [0.29, 0.717) is 17.7 Å². The van der Waals surface area contributed by atoms with Gasteiger partial charge in [0.15, 0.2) is 0 Å². The van der Waals surface area contributed by atoms with Gasteiger partial charge in [-0.25, -0.2) is 4.79 Å². The maximum Gasteiger partial charge on any atom is 0.335 e. The number of rotatable bonds is 3. The summed E-state index contributed by atoms with van der Waals surface area (Å²) in [5.74, 6) is -0.915. The summed E-state index contributed by atoms with van der Waals surface area (Å²) in [5.41, 5.74) is 8.40. The van der Waals surface area contributed by atoms with Crippen LogP contribution in [0.25, 0.3) is 0 Å². The van der Waals surface area contributed by atoms with Crippen molar-refractivity contribution in [1.82, 2.24) is 4.98 Å². The van der Waals surface area contributed by atoms with E-state index in [2.05, 4.69) is 4.98 Å². The summed E-state index contributed by atoms with van der Waals surface area (Å²) in [6.07, 6.45) is 2.28. The van der Waals surface area contributed by atoms with Crippen molar-refractivity contribution < 1.29 is 9.90 Å². The van der Waals surface area contributed by atoms with Crippen molar-refractivity contribution in [3.05, 3.63) is 59.4 Å². The van der Waals surface area contributed by atoms with Crippen LogP contribution in [0.3, 0.4) is 0 Å². The summed E-state index contributed by atoms with van der Waals surface area (Å²) in [6, 6.07) is 10.4. The first-order valence-electron chi connectivity index (χ1n) is 5.18. The fourth-order valence-corrected chi connectivity index (χ4v) is 1.51. The Kier molecular flexibility index (Phi) is 3.05. The van der Waals surface area contributed by atoms with Crippen molar-refractivity contribution in [1.29, 1.82) is 0 Å². The van der Waals surface area contributed by atoms with Crippen LogP contribution in [0.15, 0.2) is 42.6 Å². The molecule has 1 heterocycles. The third kappa shape index (κ3) is 2.81. The maximum absolute atomic E-state index is 10.7. The molecular formula is C13H12N2O2. The number of nitrogen functional groups attached to an aromatic ring is 1. The second-order valence-corrected chi connectivity index (χ2v) is 3.76. The number of carboxylic acid groups (broad SMARTS) is 1. The molecular weight excluding hydrogens is 216 g/mol. The van der Waals surface area contributed by atoms with Crippen molar-refractivity contribution in [2.24, 2.45) is 0 Å². The molecule has 0 amide bonds. The van der Waals surface area contributed by atoms with Gasteiger partial charge >= 0.3 is 5.97 Å². The van der Waals surface area contributed by atoms with Crippen LogP contribution in [0.5, 0.6) is 0 Å². The van der Waals surface area contributed by atoms with Gasteiger partial charge in [0.1, 0.15) is 0 Å². The van der Waals surface area contributed by atoms with E-state index in [-0.39, 0.29) is 0 Å². The van der Waals surface area contributed by atoms with Crippen LogP contribution < -0.4 is 5.73 Å². The Hall–Kier alpha value is -2.36. The SMILES string of the molecule is Nc1ccc(Cc2ccc(C(=O)O)cc2)nc1. The smallest absolute Gasteiger partial charge is 0.335 e. The third-order valence-corrected chi connectivity index (χ3v) is 2.43. The summed E-state index contributed by atoms with van der Waals surface area (Å²) >= 11 is 0. The molecule has 1 aromatic carbocycles. The number of aromatic carboxylic acids is 1. The van der Waals surface area contributed by atoms with Crippen molar-refractivity contribution >= 4 is 11.7 Å². The van der Waals surface area contributed by atoms with Crippen molar-refractivity contribution in [3.63, 3.8) is 0 Å². The minimum atomic E-state index is -0.915. The zero-order chi connectivity index (χ0) is 12.3. The lowest BCUT2D eigenvalue weighted by atomic mass is 10.1. The molecule has 0 aliphatic heterocycles. The molecule has 1 aromatic heterocycles. The molecule has 0 saturated heterocycles. The van der Waals surface area contributed by atoms with Crippen LogP contribution in [0.4, 0.5) is 5.69 Å². The monoisotopic (exact) mass is 228 g/mol. The lowest BCUT2D eigenvalue weighted by Crippen LogP contribution is -1.97. The van der Waals surface area contributed by atoms with E-state index < -0.39 is 5.97 Å². The Balaban J connectivity index is 2.13. The molecule has 4 nitrogen and oxygen atoms in total. The van der Waals surface area contributed by atoms with Gasteiger partial charge in [-0.05, 0) is 29.8 Å². The summed E-state index contributed by atoms with van der Waals surface area (Å²) in [6.45, 7) is 0. The van der Waals surface area contributed by atoms with Crippen molar-refractivity contribution in [2.45, 2.75) is 6.42 Å². The lowest BCUT2D eigenvalue weighted by molar-refractivity contribution is 0.0697. The summed E-state index contributed by atoms with van der Waals surface area (Å²) < 4.78 is 0. The molecule has 2 aromatic rings. The van der Waals surface area contributed by atoms with Crippen molar-refractivity contribution in [2.75, 3.05) is 5.73 Å². The fraction of sp³-hybridized carbons (Fsp3) is 0.0769. The number of anilines is 1. The molecule has 2 rings (SSSR count). The van der Waals surface area contributed by atoms with E-state index in [4.69, 9.17) is 10.8 Å². The van der Waals surface area contributed by atoms with E-state index in [1.54, 1.807) is 36.5 Å². The average Bonchev–Trinajstić information content (AvgIpc) is 2.33. The van der Waals surface area contributed by atoms with Crippen LogP contribution in [0.2, 0.25) is 0 Å². The number of benzene rings is 1. The van der Waals surface area contributed by atoms with Crippen LogP contribution in [-0.2, 0) is 6.42 Å². The van der Waals surface area contributed by atoms with E-state index in [1.807, 2.05) is 6.07 Å². The molecule has 3 N–H and O–H groups in total. The number of carboxylic acids is 1. The molecule has 0 unspecified atom stereocenters. The molecule has 0 atom stereocenters. The van der Waals surface area contributed by atoms with Gasteiger partial charge in [0.25, 0.3) is 0 Å². The number of carbonyl (C=O) groups is 1. The second-order valence-electron chi connectivity index (χ2n) is 3.76. The summed E-state index contributed by atoms with van der Waals surface area (Å²) in [5, 5.41) is 8.77. The van der Waals surface area contributed by atoms with Crippen molar-refractivity contribution in [3.8, 4) is 0 Å². The molecule has 86 valence electrons. The number of hydrogen-bond acceptors (Lipinski definition) is 3. The fourth-order valence-electron chi connectivity index (χ4n) is 1.51. The first kappa shape index (κ1) is 11.1. The second kappa shape index (κ2) is 4.65. The summed E-state index contributed by atoms with van der Waals surface area (Å²) in [7, 11) is 0. The predicted octanol–water partition coefficient (Wildman–Crippen LogP) is 1.95. The number of hydrogen-bond donors (Lipinski definition) is 2. The predicted molar refractivity (Wildman–Crippen MR) is 64.9 cm³/mol. The van der Waals surface area contributed by atoms with Crippen LogP contribution >= 0.6 is 0 Å². The van der Waals surface area contributed by atoms with E-state index >= 15 is 0 Å². The minimum absolute atomic E-state index is 0.291. The number of nitrogens with two attached hydrogens (primary N) is 1. The van der Waals surface area contributed by atoms with Gasteiger partial charge in [0.2, 0.25) is 0 Å². The van der Waals surface area contributed by atoms with Gasteiger partial charge in [0, 0.05) is 12.1 Å². The van der Waals surface area contributed by atoms with Gasteiger partial charge in [-0.2, -0.15) is 0 Å². The quantitative estimate of drug-likeness (QED) is 0.841. The van der Waals surface area contributed by atoms with Gasteiger partial charge in [-0.1, -0.05) is 12.1 Å². The normalized spacial score (nSPS) is 10.1. The van der Waals surface area contributed by atoms with Gasteiger partial charge in [0.05, 0.1) is 17.4 Å². The summed E-state index contributed by atoms with van der Waals surface area (Å²) in [4.78, 5) is 14.9. The number of aromatic nitrogens is 1. The van der Waals surface area contributed by atoms with E-state index in [9.17, 15) is 4.79 Å². The Morgan fingerprint density at radius 1 is 1.18 bits per heavy atom. The van der Waals surface area contributed by atoms with Gasteiger partial charge in [-0.15, -0.1) is 0 Å². The van der Waals surface area contributed by atoms with Crippen LogP contribution in [0, 0.1) is 0 Å². The Morgan fingerprint density at radius 3 is 2.41 bits per heavy atom. The molecule has 4 heteroatoms. The molecule has 0 aliphatic rings. The third-order valence-electron chi connectivity index (χ3n) is 2.43. The molecule has 17 heavy (non-hydrogen) atoms. The highest BCUT2D eigenvalue weighted by Crippen LogP contribution is 2.10. The zero-order valence-electron chi connectivity index (χ0n) is 9.13. The zero-order valence-corrected chi connectivity index (χ0v) is 9.13. The average molecular weight is 228 g/mol. The standard InChI is InChI=1S/C13H12N2O2/c14-11-5-6-12(15-8-11)7-9-1-3-10(4-2-9)13(16)17/h1-6,8H,7,14H2,(H,16,17). The van der Waals surface area contributed by atoms with Crippen LogP contribution in [-0.4, -0.2) is 16.1 Å².